The highest BCUT2D eigenvalue weighted by atomic mass is 32.1. The minimum atomic E-state index is 0.242. The van der Waals surface area contributed by atoms with E-state index in [9.17, 15) is 0 Å². The van der Waals surface area contributed by atoms with Gasteiger partial charge < -0.3 is 10.5 Å². The Kier molecular flexibility index (Phi) is 3.72. The zero-order valence-electron chi connectivity index (χ0n) is 9.11. The summed E-state index contributed by atoms with van der Waals surface area (Å²) in [5.41, 5.74) is 6.62. The van der Waals surface area contributed by atoms with Crippen molar-refractivity contribution in [1.82, 2.24) is 4.98 Å². The number of aromatic nitrogens is 1. The van der Waals surface area contributed by atoms with Crippen LogP contribution in [-0.4, -0.2) is 18.1 Å². The van der Waals surface area contributed by atoms with Crippen LogP contribution in [0.15, 0.2) is 5.38 Å². The van der Waals surface area contributed by atoms with Crippen molar-refractivity contribution in [2.24, 2.45) is 11.7 Å². The molecule has 0 aliphatic heterocycles. The number of nitrogens with two attached hydrogens (primary N) is 1. The molecule has 0 radical (unpaired) electrons. The van der Waals surface area contributed by atoms with Gasteiger partial charge in [0.05, 0.1) is 5.69 Å². The Labute approximate surface area is 94.7 Å². The number of hydrogen-bond donors (Lipinski definition) is 1. The van der Waals surface area contributed by atoms with Gasteiger partial charge >= 0.3 is 0 Å². The summed E-state index contributed by atoms with van der Waals surface area (Å²) >= 11 is 1.71. The first-order chi connectivity index (χ1) is 7.35. The first-order valence-electron chi connectivity index (χ1n) is 5.61. The lowest BCUT2D eigenvalue weighted by atomic mass is 10.2. The number of thiazole rings is 1. The van der Waals surface area contributed by atoms with Crippen molar-refractivity contribution in [2.75, 3.05) is 13.2 Å². The van der Waals surface area contributed by atoms with E-state index in [0.717, 1.165) is 23.7 Å². The summed E-state index contributed by atoms with van der Waals surface area (Å²) in [4.78, 5) is 4.59. The second-order valence-corrected chi connectivity index (χ2v) is 4.82. The SMILES string of the molecule is CCOC(c1nc(CCN)cs1)C1CC1. The molecule has 15 heavy (non-hydrogen) atoms. The summed E-state index contributed by atoms with van der Waals surface area (Å²) in [6, 6.07) is 0. The first-order valence-corrected chi connectivity index (χ1v) is 6.49. The van der Waals surface area contributed by atoms with E-state index >= 15 is 0 Å². The molecule has 0 amide bonds. The highest BCUT2D eigenvalue weighted by molar-refractivity contribution is 7.09. The van der Waals surface area contributed by atoms with E-state index in [1.54, 1.807) is 11.3 Å². The third kappa shape index (κ3) is 2.77. The maximum atomic E-state index is 5.76. The monoisotopic (exact) mass is 226 g/mol. The van der Waals surface area contributed by atoms with Crippen LogP contribution >= 0.6 is 11.3 Å². The number of ether oxygens (including phenoxy) is 1. The Morgan fingerprint density at radius 3 is 3.07 bits per heavy atom. The molecule has 2 N–H and O–H groups in total. The summed E-state index contributed by atoms with van der Waals surface area (Å²) in [5, 5.41) is 3.25. The van der Waals surface area contributed by atoms with Gasteiger partial charge in [-0.2, -0.15) is 0 Å². The van der Waals surface area contributed by atoms with E-state index in [1.807, 2.05) is 6.92 Å². The molecule has 3 nitrogen and oxygen atoms in total. The summed E-state index contributed by atoms with van der Waals surface area (Å²) in [6.45, 7) is 3.49. The third-order valence-electron chi connectivity index (χ3n) is 2.61. The second-order valence-electron chi connectivity index (χ2n) is 3.93. The number of rotatable bonds is 6. The second kappa shape index (κ2) is 5.05. The molecule has 1 atom stereocenters. The molecule has 1 aromatic heterocycles. The standard InChI is InChI=1S/C11H18N2OS/c1-2-14-10(8-3-4-8)11-13-9(5-6-12)7-15-11/h7-8,10H,2-6,12H2,1H3. The van der Waals surface area contributed by atoms with E-state index < -0.39 is 0 Å². The van der Waals surface area contributed by atoms with Crippen molar-refractivity contribution >= 4 is 11.3 Å². The van der Waals surface area contributed by atoms with Crippen LogP contribution in [0.2, 0.25) is 0 Å². The fourth-order valence-electron chi connectivity index (χ4n) is 1.70. The van der Waals surface area contributed by atoms with Gasteiger partial charge in [-0.1, -0.05) is 0 Å². The van der Waals surface area contributed by atoms with Crippen molar-refractivity contribution < 1.29 is 4.74 Å². The molecule has 84 valence electrons. The normalized spacial score (nSPS) is 18.0. The molecule has 4 heteroatoms. The number of hydrogen-bond acceptors (Lipinski definition) is 4. The largest absolute Gasteiger partial charge is 0.371 e. The smallest absolute Gasteiger partial charge is 0.122 e. The summed E-state index contributed by atoms with van der Waals surface area (Å²) < 4.78 is 5.76. The van der Waals surface area contributed by atoms with Gasteiger partial charge in [0.15, 0.2) is 0 Å². The van der Waals surface area contributed by atoms with Gasteiger partial charge in [-0.15, -0.1) is 11.3 Å². The maximum Gasteiger partial charge on any atom is 0.122 e. The molecule has 1 unspecified atom stereocenters. The maximum absolute atomic E-state index is 5.76. The first kappa shape index (κ1) is 11.0. The van der Waals surface area contributed by atoms with Gasteiger partial charge in [0.25, 0.3) is 0 Å². The predicted molar refractivity (Wildman–Crippen MR) is 62.0 cm³/mol. The predicted octanol–water partition coefficient (Wildman–Crippen LogP) is 2.13. The average Bonchev–Trinajstić information content (AvgIpc) is 2.96. The minimum Gasteiger partial charge on any atom is -0.371 e. The van der Waals surface area contributed by atoms with Crippen molar-refractivity contribution in [2.45, 2.75) is 32.3 Å². The molecular formula is C11H18N2OS. The van der Waals surface area contributed by atoms with E-state index in [2.05, 4.69) is 10.4 Å². The van der Waals surface area contributed by atoms with Crippen LogP contribution in [0.25, 0.3) is 0 Å². The van der Waals surface area contributed by atoms with Crippen LogP contribution in [0.3, 0.4) is 0 Å². The number of nitrogens with zero attached hydrogens (tertiary/aromatic N) is 1. The van der Waals surface area contributed by atoms with Crippen molar-refractivity contribution in [3.63, 3.8) is 0 Å². The fraction of sp³-hybridized carbons (Fsp3) is 0.727. The Hall–Kier alpha value is -0.450. The molecule has 0 bridgehead atoms. The van der Waals surface area contributed by atoms with Crippen LogP contribution in [0.5, 0.6) is 0 Å². The molecule has 1 aliphatic carbocycles. The van der Waals surface area contributed by atoms with Crippen molar-refractivity contribution in [1.29, 1.82) is 0 Å². The Morgan fingerprint density at radius 2 is 2.47 bits per heavy atom. The lowest BCUT2D eigenvalue weighted by Gasteiger charge is -2.12. The van der Waals surface area contributed by atoms with Gasteiger partial charge in [-0.25, -0.2) is 4.98 Å². The highest BCUT2D eigenvalue weighted by Crippen LogP contribution is 2.44. The molecule has 1 aromatic rings. The van der Waals surface area contributed by atoms with Crippen LogP contribution in [0.4, 0.5) is 0 Å². The van der Waals surface area contributed by atoms with Gasteiger partial charge in [0.2, 0.25) is 0 Å². The molecule has 2 rings (SSSR count). The van der Waals surface area contributed by atoms with Gasteiger partial charge in [-0.05, 0) is 32.2 Å². The molecule has 0 saturated heterocycles. The van der Waals surface area contributed by atoms with Crippen LogP contribution < -0.4 is 5.73 Å². The Balaban J connectivity index is 2.04. The van der Waals surface area contributed by atoms with Crippen LogP contribution in [-0.2, 0) is 11.2 Å². The molecule has 1 saturated carbocycles. The lowest BCUT2D eigenvalue weighted by Crippen LogP contribution is -2.07. The highest BCUT2D eigenvalue weighted by Gasteiger charge is 2.34. The third-order valence-corrected chi connectivity index (χ3v) is 3.56. The molecular weight excluding hydrogens is 208 g/mol. The minimum absolute atomic E-state index is 0.242. The zero-order valence-corrected chi connectivity index (χ0v) is 9.93. The summed E-state index contributed by atoms with van der Waals surface area (Å²) in [6.07, 6.45) is 3.69. The van der Waals surface area contributed by atoms with Crippen LogP contribution in [0.1, 0.15) is 36.6 Å². The van der Waals surface area contributed by atoms with Crippen LogP contribution in [0, 0.1) is 5.92 Å². The Bertz CT molecular complexity index is 309. The quantitative estimate of drug-likeness (QED) is 0.808. The molecule has 1 heterocycles. The van der Waals surface area contributed by atoms with Crippen molar-refractivity contribution in [3.8, 4) is 0 Å². The molecule has 1 fully saturated rings. The zero-order chi connectivity index (χ0) is 10.7. The fourth-order valence-corrected chi connectivity index (χ4v) is 2.70. The summed E-state index contributed by atoms with van der Waals surface area (Å²) in [5.74, 6) is 0.710. The van der Waals surface area contributed by atoms with E-state index in [4.69, 9.17) is 10.5 Å². The van der Waals surface area contributed by atoms with E-state index in [-0.39, 0.29) is 6.10 Å². The molecule has 1 aliphatic rings. The topological polar surface area (TPSA) is 48.1 Å². The average molecular weight is 226 g/mol. The lowest BCUT2D eigenvalue weighted by molar-refractivity contribution is 0.0461. The van der Waals surface area contributed by atoms with E-state index in [1.165, 1.54) is 12.8 Å². The van der Waals surface area contributed by atoms with Gasteiger partial charge in [0.1, 0.15) is 11.1 Å². The van der Waals surface area contributed by atoms with Crippen molar-refractivity contribution in [3.05, 3.63) is 16.1 Å². The van der Waals surface area contributed by atoms with Gasteiger partial charge in [0, 0.05) is 18.4 Å². The van der Waals surface area contributed by atoms with Gasteiger partial charge in [-0.3, -0.25) is 0 Å². The summed E-state index contributed by atoms with van der Waals surface area (Å²) in [7, 11) is 0. The Morgan fingerprint density at radius 1 is 1.67 bits per heavy atom. The van der Waals surface area contributed by atoms with E-state index in [0.29, 0.717) is 12.5 Å². The molecule has 0 aromatic carbocycles. The molecule has 0 spiro atoms.